The molecule has 2 fully saturated rings. The van der Waals surface area contributed by atoms with Gasteiger partial charge >= 0.3 is 5.97 Å². The van der Waals surface area contributed by atoms with E-state index in [1.165, 1.54) is 19.2 Å². The molecule has 0 aromatic heterocycles. The minimum Gasteiger partial charge on any atom is -0.469 e. The summed E-state index contributed by atoms with van der Waals surface area (Å²) in [4.78, 5) is 37.5. The molecule has 6 nitrogen and oxygen atoms in total. The van der Waals surface area contributed by atoms with Gasteiger partial charge in [-0.2, -0.15) is 0 Å². The molecule has 1 aromatic carbocycles. The maximum Gasteiger partial charge on any atom is 0.306 e. The molecule has 1 spiro atoms. The molecule has 140 valence electrons. The summed E-state index contributed by atoms with van der Waals surface area (Å²) in [5.74, 6) is -0.985. The van der Waals surface area contributed by atoms with Crippen LogP contribution in [0.15, 0.2) is 24.3 Å². The number of carbonyl (C=O) groups excluding carboxylic acids is 3. The van der Waals surface area contributed by atoms with Crippen LogP contribution in [0.3, 0.4) is 0 Å². The maximum absolute atomic E-state index is 13.2. The lowest BCUT2D eigenvalue weighted by atomic mass is 9.90. The fraction of sp³-hybridized carbons (Fsp3) is 0.526. The van der Waals surface area contributed by atoms with Gasteiger partial charge in [0.1, 0.15) is 5.82 Å². The van der Waals surface area contributed by atoms with Crippen LogP contribution < -0.4 is 5.32 Å². The number of esters is 1. The van der Waals surface area contributed by atoms with Crippen LogP contribution in [0.2, 0.25) is 0 Å². The number of halogens is 1. The van der Waals surface area contributed by atoms with E-state index in [0.29, 0.717) is 18.8 Å². The van der Waals surface area contributed by atoms with Crippen molar-refractivity contribution in [3.63, 3.8) is 0 Å². The standard InChI is InChI=1S/C19H23FN2O4/c1-26-17(24)6-5-16(23)22-9-7-19(8-10-22)12-15(19)18(25)21-14-4-2-3-13(20)11-14/h2-4,11,15H,5-10,12H2,1H3,(H,21,25)/t15-/m1/s1. The number of methoxy groups -OCH3 is 1. The number of ether oxygens (including phenoxy) is 1. The monoisotopic (exact) mass is 362 g/mol. The van der Waals surface area contributed by atoms with Gasteiger partial charge in [0, 0.05) is 31.1 Å². The predicted molar refractivity (Wildman–Crippen MR) is 92.6 cm³/mol. The summed E-state index contributed by atoms with van der Waals surface area (Å²) in [6, 6.07) is 5.86. The highest BCUT2D eigenvalue weighted by Crippen LogP contribution is 2.59. The number of amides is 2. The minimum atomic E-state index is -0.386. The lowest BCUT2D eigenvalue weighted by Crippen LogP contribution is -2.40. The van der Waals surface area contributed by atoms with E-state index in [1.54, 1.807) is 17.0 Å². The number of carbonyl (C=O) groups is 3. The summed E-state index contributed by atoms with van der Waals surface area (Å²) < 4.78 is 17.8. The summed E-state index contributed by atoms with van der Waals surface area (Å²) in [5.41, 5.74) is 0.420. The van der Waals surface area contributed by atoms with E-state index < -0.39 is 0 Å². The van der Waals surface area contributed by atoms with Gasteiger partial charge in [0.15, 0.2) is 0 Å². The molecule has 1 heterocycles. The fourth-order valence-electron chi connectivity index (χ4n) is 3.74. The Morgan fingerprint density at radius 1 is 1.27 bits per heavy atom. The third kappa shape index (κ3) is 4.03. The van der Waals surface area contributed by atoms with Gasteiger partial charge < -0.3 is 15.0 Å². The summed E-state index contributed by atoms with van der Waals surface area (Å²) in [6.07, 6.45) is 2.60. The molecular formula is C19H23FN2O4. The normalized spacial score (nSPS) is 20.5. The van der Waals surface area contributed by atoms with E-state index in [2.05, 4.69) is 10.1 Å². The number of hydrogen-bond donors (Lipinski definition) is 1. The molecule has 26 heavy (non-hydrogen) atoms. The zero-order chi connectivity index (χ0) is 18.7. The SMILES string of the molecule is COC(=O)CCC(=O)N1CCC2(CC1)C[C@@H]2C(=O)Nc1cccc(F)c1. The first-order chi connectivity index (χ1) is 12.4. The molecule has 1 aromatic rings. The Morgan fingerprint density at radius 3 is 2.65 bits per heavy atom. The molecule has 1 aliphatic heterocycles. The van der Waals surface area contributed by atoms with Gasteiger partial charge in [-0.15, -0.1) is 0 Å². The first-order valence-electron chi connectivity index (χ1n) is 8.84. The Balaban J connectivity index is 1.47. The van der Waals surface area contributed by atoms with E-state index in [1.807, 2.05) is 0 Å². The molecule has 1 N–H and O–H groups in total. The van der Waals surface area contributed by atoms with Crippen molar-refractivity contribution >= 4 is 23.5 Å². The molecule has 2 amide bonds. The number of nitrogens with one attached hydrogen (secondary N) is 1. The van der Waals surface area contributed by atoms with Crippen molar-refractivity contribution < 1.29 is 23.5 Å². The van der Waals surface area contributed by atoms with E-state index >= 15 is 0 Å². The molecule has 1 saturated carbocycles. The number of hydrogen-bond acceptors (Lipinski definition) is 4. The van der Waals surface area contributed by atoms with Gasteiger partial charge in [0.2, 0.25) is 11.8 Å². The summed E-state index contributed by atoms with van der Waals surface area (Å²) in [7, 11) is 1.31. The van der Waals surface area contributed by atoms with Gasteiger partial charge in [-0.05, 0) is 42.9 Å². The Hall–Kier alpha value is -2.44. The van der Waals surface area contributed by atoms with Crippen LogP contribution in [0.1, 0.15) is 32.1 Å². The van der Waals surface area contributed by atoms with Crippen molar-refractivity contribution in [2.45, 2.75) is 32.1 Å². The molecule has 0 radical (unpaired) electrons. The second-order valence-electron chi connectivity index (χ2n) is 7.08. The van der Waals surface area contributed by atoms with Crippen LogP contribution >= 0.6 is 0 Å². The smallest absolute Gasteiger partial charge is 0.306 e. The molecule has 1 atom stereocenters. The number of anilines is 1. The highest BCUT2D eigenvalue weighted by molar-refractivity contribution is 5.95. The van der Waals surface area contributed by atoms with Gasteiger partial charge in [-0.3, -0.25) is 14.4 Å². The molecule has 2 aliphatic rings. The molecule has 3 rings (SSSR count). The van der Waals surface area contributed by atoms with Gasteiger partial charge in [0.05, 0.1) is 13.5 Å². The zero-order valence-electron chi connectivity index (χ0n) is 14.8. The largest absolute Gasteiger partial charge is 0.469 e. The topological polar surface area (TPSA) is 75.7 Å². The van der Waals surface area contributed by atoms with E-state index in [-0.39, 0.29) is 47.8 Å². The van der Waals surface area contributed by atoms with Gasteiger partial charge in [-0.25, -0.2) is 4.39 Å². The van der Waals surface area contributed by atoms with Crippen LogP contribution in [-0.2, 0) is 19.1 Å². The Labute approximate surface area is 151 Å². The molecular weight excluding hydrogens is 339 g/mol. The number of piperidine rings is 1. The van der Waals surface area contributed by atoms with Crippen LogP contribution in [0.25, 0.3) is 0 Å². The van der Waals surface area contributed by atoms with Crippen molar-refractivity contribution in [2.75, 3.05) is 25.5 Å². The highest BCUT2D eigenvalue weighted by atomic mass is 19.1. The number of likely N-dealkylation sites (tertiary alicyclic amines) is 1. The second kappa shape index (κ2) is 7.43. The number of nitrogens with zero attached hydrogens (tertiary/aromatic N) is 1. The molecule has 1 saturated heterocycles. The summed E-state index contributed by atoms with van der Waals surface area (Å²) >= 11 is 0. The van der Waals surface area contributed by atoms with Crippen LogP contribution in [0.5, 0.6) is 0 Å². The average Bonchev–Trinajstić information content (AvgIpc) is 3.33. The first-order valence-corrected chi connectivity index (χ1v) is 8.84. The van der Waals surface area contributed by atoms with Crippen LogP contribution in [-0.4, -0.2) is 42.9 Å². The van der Waals surface area contributed by atoms with Crippen LogP contribution in [0.4, 0.5) is 10.1 Å². The molecule has 7 heteroatoms. The van der Waals surface area contributed by atoms with E-state index in [9.17, 15) is 18.8 Å². The Kier molecular flexibility index (Phi) is 5.25. The fourth-order valence-corrected chi connectivity index (χ4v) is 3.74. The van der Waals surface area contributed by atoms with Crippen molar-refractivity contribution in [3.8, 4) is 0 Å². The minimum absolute atomic E-state index is 0.0451. The van der Waals surface area contributed by atoms with Gasteiger partial charge in [-0.1, -0.05) is 6.07 Å². The molecule has 0 unspecified atom stereocenters. The quantitative estimate of drug-likeness (QED) is 0.816. The lowest BCUT2D eigenvalue weighted by molar-refractivity contribution is -0.144. The third-order valence-electron chi connectivity index (χ3n) is 5.48. The predicted octanol–water partition coefficient (Wildman–Crippen LogP) is 2.35. The van der Waals surface area contributed by atoms with Crippen molar-refractivity contribution in [3.05, 3.63) is 30.1 Å². The van der Waals surface area contributed by atoms with Crippen molar-refractivity contribution in [2.24, 2.45) is 11.3 Å². The number of rotatable bonds is 5. The Morgan fingerprint density at radius 2 is 2.00 bits per heavy atom. The highest BCUT2D eigenvalue weighted by Gasteiger charge is 2.58. The Bertz CT molecular complexity index is 713. The van der Waals surface area contributed by atoms with E-state index in [0.717, 1.165) is 19.3 Å². The van der Waals surface area contributed by atoms with Crippen molar-refractivity contribution in [1.29, 1.82) is 0 Å². The lowest BCUT2D eigenvalue weighted by Gasteiger charge is -2.33. The van der Waals surface area contributed by atoms with E-state index in [4.69, 9.17) is 0 Å². The summed E-state index contributed by atoms with van der Waals surface area (Å²) in [6.45, 7) is 1.20. The van der Waals surface area contributed by atoms with Gasteiger partial charge in [0.25, 0.3) is 0 Å². The molecule has 1 aliphatic carbocycles. The summed E-state index contributed by atoms with van der Waals surface area (Å²) in [5, 5.41) is 2.78. The average molecular weight is 362 g/mol. The third-order valence-corrected chi connectivity index (χ3v) is 5.48. The van der Waals surface area contributed by atoms with Crippen LogP contribution in [0, 0.1) is 17.2 Å². The number of benzene rings is 1. The zero-order valence-corrected chi connectivity index (χ0v) is 14.8. The second-order valence-corrected chi connectivity index (χ2v) is 7.08. The maximum atomic E-state index is 13.2. The van der Waals surface area contributed by atoms with Crippen molar-refractivity contribution in [1.82, 2.24) is 4.90 Å². The molecule has 0 bridgehead atoms. The first kappa shape index (κ1) is 18.4.